The van der Waals surface area contributed by atoms with Crippen LogP contribution in [-0.2, 0) is 20.7 Å². The predicted molar refractivity (Wildman–Crippen MR) is 139 cm³/mol. The molecular formula is C28H33BN2O4. The molecule has 3 heterocycles. The summed E-state index contributed by atoms with van der Waals surface area (Å²) in [5.41, 5.74) is 4.60. The molecular weight excluding hydrogens is 439 g/mol. The van der Waals surface area contributed by atoms with Crippen molar-refractivity contribution in [3.8, 4) is 0 Å². The van der Waals surface area contributed by atoms with E-state index in [0.717, 1.165) is 47.1 Å². The summed E-state index contributed by atoms with van der Waals surface area (Å²) in [6, 6.07) is 18.1. The minimum atomic E-state index is -0.368. The number of carbonyl (C=O) groups excluding carboxylic acids is 1. The van der Waals surface area contributed by atoms with Gasteiger partial charge in [0.15, 0.2) is 0 Å². The zero-order chi connectivity index (χ0) is 24.6. The molecule has 1 amide bonds. The number of allylic oxidation sites excluding steroid dienone is 1. The topological polar surface area (TPSA) is 60.4 Å². The molecule has 0 N–H and O–H groups in total. The fourth-order valence-electron chi connectivity index (χ4n) is 4.80. The summed E-state index contributed by atoms with van der Waals surface area (Å²) in [6.45, 7) is 9.24. The number of rotatable bonds is 5. The summed E-state index contributed by atoms with van der Waals surface area (Å²) in [5, 5.41) is 0. The molecule has 3 aliphatic heterocycles. The number of likely N-dealkylation sites (tertiary alicyclic amines) is 1. The molecule has 0 saturated carbocycles. The highest BCUT2D eigenvalue weighted by Gasteiger charge is 2.51. The maximum absolute atomic E-state index is 12.8. The second-order valence-corrected chi connectivity index (χ2v) is 10.6. The molecule has 2 saturated heterocycles. The van der Waals surface area contributed by atoms with Crippen LogP contribution in [0.5, 0.6) is 0 Å². The van der Waals surface area contributed by atoms with Gasteiger partial charge in [-0.1, -0.05) is 54.6 Å². The molecule has 0 bridgehead atoms. The summed E-state index contributed by atoms with van der Waals surface area (Å²) in [7, 11) is -0.368. The zero-order valence-electron chi connectivity index (χ0n) is 21.0. The minimum Gasteiger partial charge on any atom is -0.445 e. The Morgan fingerprint density at radius 2 is 1.74 bits per heavy atom. The monoisotopic (exact) mass is 472 g/mol. The van der Waals surface area contributed by atoms with Gasteiger partial charge in [-0.2, -0.15) is 0 Å². The zero-order valence-corrected chi connectivity index (χ0v) is 21.0. The number of hydrogen-bond acceptors (Lipinski definition) is 5. The Morgan fingerprint density at radius 3 is 2.43 bits per heavy atom. The van der Waals surface area contributed by atoms with Crippen molar-refractivity contribution < 1.29 is 18.8 Å². The summed E-state index contributed by atoms with van der Waals surface area (Å²) in [5.74, 6) is 0. The van der Waals surface area contributed by atoms with Gasteiger partial charge >= 0.3 is 13.2 Å². The predicted octanol–water partition coefficient (Wildman–Crippen LogP) is 4.97. The standard InChI is InChI=1S/C28H33BN2O4/c1-27(2)28(3,4)35-29(34-27)23-14-12-21(13-15-23)22-17-24(30-18-22)25-11-8-16-31(25)26(32)33-19-20-9-6-5-7-10-20/h5-7,9-10,12-15,18,25H,8,11,16-17,19H2,1-4H3/t25-/m1/s1. The van der Waals surface area contributed by atoms with E-state index in [-0.39, 0.29) is 37.1 Å². The molecule has 6 nitrogen and oxygen atoms in total. The molecule has 2 aromatic rings. The molecule has 0 radical (unpaired) electrons. The lowest BCUT2D eigenvalue weighted by molar-refractivity contribution is 0.00578. The van der Waals surface area contributed by atoms with Gasteiger partial charge in [-0.3, -0.25) is 9.89 Å². The van der Waals surface area contributed by atoms with Gasteiger partial charge in [0.25, 0.3) is 0 Å². The Balaban J connectivity index is 1.19. The summed E-state index contributed by atoms with van der Waals surface area (Å²) in [6.07, 6.45) is 4.29. The quantitative estimate of drug-likeness (QED) is 0.577. The van der Waals surface area contributed by atoms with Crippen LogP contribution in [0.1, 0.15) is 58.1 Å². The first-order valence-corrected chi connectivity index (χ1v) is 12.4. The number of ether oxygens (including phenoxy) is 1. The molecule has 2 fully saturated rings. The van der Waals surface area contributed by atoms with Crippen LogP contribution >= 0.6 is 0 Å². The van der Waals surface area contributed by atoms with Crippen molar-refractivity contribution in [2.24, 2.45) is 4.99 Å². The second kappa shape index (κ2) is 9.28. The highest BCUT2D eigenvalue weighted by molar-refractivity contribution is 6.62. The highest BCUT2D eigenvalue weighted by atomic mass is 16.7. The van der Waals surface area contributed by atoms with Crippen LogP contribution < -0.4 is 5.46 Å². The maximum Gasteiger partial charge on any atom is 0.494 e. The number of nitrogens with zero attached hydrogens (tertiary/aromatic N) is 2. The Bertz CT molecular complexity index is 1130. The lowest BCUT2D eigenvalue weighted by Crippen LogP contribution is -2.41. The third-order valence-corrected chi connectivity index (χ3v) is 7.64. The van der Waals surface area contributed by atoms with Crippen molar-refractivity contribution in [1.82, 2.24) is 4.90 Å². The van der Waals surface area contributed by atoms with Crippen molar-refractivity contribution in [3.05, 3.63) is 71.9 Å². The molecule has 0 aliphatic carbocycles. The van der Waals surface area contributed by atoms with Crippen LogP contribution in [-0.4, -0.2) is 47.6 Å². The first kappa shape index (κ1) is 23.8. The van der Waals surface area contributed by atoms with Gasteiger partial charge in [0.05, 0.1) is 17.2 Å². The number of amides is 1. The molecule has 0 aromatic heterocycles. The molecule has 182 valence electrons. The molecule has 2 aromatic carbocycles. The van der Waals surface area contributed by atoms with E-state index in [1.54, 1.807) is 0 Å². The van der Waals surface area contributed by atoms with Gasteiger partial charge in [0.1, 0.15) is 6.61 Å². The first-order valence-electron chi connectivity index (χ1n) is 12.4. The van der Waals surface area contributed by atoms with E-state index in [4.69, 9.17) is 19.0 Å². The third kappa shape index (κ3) is 4.80. The summed E-state index contributed by atoms with van der Waals surface area (Å²) < 4.78 is 17.9. The van der Waals surface area contributed by atoms with Gasteiger partial charge < -0.3 is 14.0 Å². The van der Waals surface area contributed by atoms with Crippen LogP contribution in [0.15, 0.2) is 65.8 Å². The fourth-order valence-corrected chi connectivity index (χ4v) is 4.80. The van der Waals surface area contributed by atoms with Crippen molar-refractivity contribution in [2.45, 2.75) is 70.8 Å². The molecule has 35 heavy (non-hydrogen) atoms. The number of carbonyl (C=O) groups is 1. The van der Waals surface area contributed by atoms with Gasteiger partial charge in [-0.15, -0.1) is 0 Å². The van der Waals surface area contributed by atoms with Gasteiger partial charge in [-0.25, -0.2) is 4.79 Å². The van der Waals surface area contributed by atoms with E-state index < -0.39 is 0 Å². The van der Waals surface area contributed by atoms with Crippen LogP contribution in [0.2, 0.25) is 0 Å². The van der Waals surface area contributed by atoms with Crippen LogP contribution in [0, 0.1) is 0 Å². The van der Waals surface area contributed by atoms with Crippen molar-refractivity contribution in [1.29, 1.82) is 0 Å². The average Bonchev–Trinajstić information content (AvgIpc) is 3.56. The van der Waals surface area contributed by atoms with Gasteiger partial charge in [-0.05, 0) is 62.7 Å². The number of aliphatic imine (C=N–C) groups is 1. The highest BCUT2D eigenvalue weighted by Crippen LogP contribution is 2.36. The summed E-state index contributed by atoms with van der Waals surface area (Å²) in [4.78, 5) is 19.4. The lowest BCUT2D eigenvalue weighted by Gasteiger charge is -2.32. The molecule has 1 atom stereocenters. The van der Waals surface area contributed by atoms with E-state index in [0.29, 0.717) is 6.54 Å². The molecule has 0 spiro atoms. The Kier molecular flexibility index (Phi) is 6.32. The van der Waals surface area contributed by atoms with E-state index in [1.807, 2.05) is 41.4 Å². The largest absolute Gasteiger partial charge is 0.494 e. The third-order valence-electron chi connectivity index (χ3n) is 7.64. The van der Waals surface area contributed by atoms with E-state index in [1.165, 1.54) is 0 Å². The van der Waals surface area contributed by atoms with E-state index in [9.17, 15) is 4.79 Å². The van der Waals surface area contributed by atoms with Crippen molar-refractivity contribution in [3.63, 3.8) is 0 Å². The first-order chi connectivity index (χ1) is 16.7. The van der Waals surface area contributed by atoms with Crippen LogP contribution in [0.3, 0.4) is 0 Å². The van der Waals surface area contributed by atoms with Gasteiger partial charge in [0, 0.05) is 24.9 Å². The molecule has 7 heteroatoms. The smallest absolute Gasteiger partial charge is 0.445 e. The Hall–Kier alpha value is -2.90. The fraction of sp³-hybridized carbons (Fsp3) is 0.429. The molecule has 0 unspecified atom stereocenters. The minimum absolute atomic E-state index is 0.00366. The van der Waals surface area contributed by atoms with Gasteiger partial charge in [0.2, 0.25) is 0 Å². The number of hydrogen-bond donors (Lipinski definition) is 0. The van der Waals surface area contributed by atoms with E-state index in [2.05, 4.69) is 52.0 Å². The second-order valence-electron chi connectivity index (χ2n) is 10.6. The van der Waals surface area contributed by atoms with E-state index >= 15 is 0 Å². The SMILES string of the molecule is CC1(C)OB(c2ccc(C3=CN=C([C@H]4CCCN4C(=O)OCc4ccccc4)C3)cc2)OC1(C)C. The van der Waals surface area contributed by atoms with Crippen LogP contribution in [0.25, 0.3) is 5.57 Å². The maximum atomic E-state index is 12.8. The molecule has 3 aliphatic rings. The normalized spacial score (nSPS) is 22.8. The Morgan fingerprint density at radius 1 is 1.06 bits per heavy atom. The summed E-state index contributed by atoms with van der Waals surface area (Å²) >= 11 is 0. The van der Waals surface area contributed by atoms with Crippen molar-refractivity contribution >= 4 is 30.0 Å². The number of benzene rings is 2. The lowest BCUT2D eigenvalue weighted by atomic mass is 9.78. The Labute approximate surface area is 208 Å². The van der Waals surface area contributed by atoms with Crippen LogP contribution in [0.4, 0.5) is 4.79 Å². The molecule has 5 rings (SSSR count). The van der Waals surface area contributed by atoms with Crippen molar-refractivity contribution in [2.75, 3.05) is 6.54 Å². The average molecular weight is 472 g/mol.